The van der Waals surface area contributed by atoms with Gasteiger partial charge in [-0.1, -0.05) is 30.8 Å². The maximum absolute atomic E-state index is 5.85. The van der Waals surface area contributed by atoms with Crippen LogP contribution >= 0.6 is 0 Å². The Morgan fingerprint density at radius 2 is 1.69 bits per heavy atom. The van der Waals surface area contributed by atoms with Crippen molar-refractivity contribution in [3.05, 3.63) is 47.7 Å². The molecule has 84 valence electrons. The Morgan fingerprint density at radius 3 is 2.12 bits per heavy atom. The topological polar surface area (TPSA) is 64.4 Å². The van der Waals surface area contributed by atoms with E-state index in [2.05, 4.69) is 11.6 Å². The molecule has 0 atom stereocenters. The lowest BCUT2D eigenvalue weighted by Crippen LogP contribution is -2.02. The molecule has 3 heteroatoms. The zero-order valence-electron chi connectivity index (χ0n) is 9.70. The summed E-state index contributed by atoms with van der Waals surface area (Å²) in [6.07, 6.45) is 1.64. The van der Waals surface area contributed by atoms with Crippen LogP contribution in [-0.2, 0) is 0 Å². The Hall–Kier alpha value is -2.03. The van der Waals surface area contributed by atoms with E-state index in [1.54, 1.807) is 13.3 Å². The molecule has 0 amide bonds. The lowest BCUT2D eigenvalue weighted by Gasteiger charge is -2.06. The molecule has 16 heavy (non-hydrogen) atoms. The molecule has 3 nitrogen and oxygen atoms in total. The molecule has 0 saturated carbocycles. The first-order chi connectivity index (χ1) is 7.56. The monoisotopic (exact) mass is 215 g/mol. The number of rotatable bonds is 3. The average Bonchev–Trinajstić information content (AvgIpc) is 2.28. The van der Waals surface area contributed by atoms with Crippen LogP contribution < -0.4 is 11.5 Å². The van der Waals surface area contributed by atoms with E-state index in [9.17, 15) is 0 Å². The summed E-state index contributed by atoms with van der Waals surface area (Å²) >= 11 is 0. The number of benzene rings is 1. The van der Waals surface area contributed by atoms with E-state index >= 15 is 0 Å². The zero-order chi connectivity index (χ0) is 12.1. The van der Waals surface area contributed by atoms with Crippen molar-refractivity contribution >= 4 is 17.5 Å². The fourth-order valence-corrected chi connectivity index (χ4v) is 1.34. The second-order valence-electron chi connectivity index (χ2n) is 3.57. The molecular formula is C13H17N3. The standard InChI is InChI=1S/C13H17N3/c1-9(13(15)8-16-3)11-4-6-12(7-5-11)10(2)14/h4-8H,2,14-15H2,1,3H3/b13-9-,16-8?. The van der Waals surface area contributed by atoms with Gasteiger partial charge in [-0.3, -0.25) is 4.99 Å². The van der Waals surface area contributed by atoms with Gasteiger partial charge in [-0.05, 0) is 23.6 Å². The van der Waals surface area contributed by atoms with Crippen molar-refractivity contribution in [2.24, 2.45) is 16.5 Å². The van der Waals surface area contributed by atoms with E-state index in [1.807, 2.05) is 31.2 Å². The third kappa shape index (κ3) is 2.73. The predicted octanol–water partition coefficient (Wildman–Crippen LogP) is 2.01. The number of nitrogens with two attached hydrogens (primary N) is 2. The van der Waals surface area contributed by atoms with Crippen LogP contribution in [0.25, 0.3) is 11.3 Å². The van der Waals surface area contributed by atoms with Gasteiger partial charge in [0.05, 0.1) is 5.70 Å². The van der Waals surface area contributed by atoms with Crippen molar-refractivity contribution in [2.75, 3.05) is 7.05 Å². The number of aliphatic imine (C=N–C) groups is 1. The smallest absolute Gasteiger partial charge is 0.0531 e. The first-order valence-electron chi connectivity index (χ1n) is 5.00. The van der Waals surface area contributed by atoms with Crippen molar-refractivity contribution in [2.45, 2.75) is 6.92 Å². The predicted molar refractivity (Wildman–Crippen MR) is 70.9 cm³/mol. The van der Waals surface area contributed by atoms with Crippen LogP contribution in [0, 0.1) is 0 Å². The Kier molecular flexibility index (Phi) is 3.89. The highest BCUT2D eigenvalue weighted by atomic mass is 14.7. The minimum Gasteiger partial charge on any atom is -0.399 e. The minimum atomic E-state index is 0.566. The van der Waals surface area contributed by atoms with Gasteiger partial charge in [0.2, 0.25) is 0 Å². The molecule has 0 bridgehead atoms. The zero-order valence-corrected chi connectivity index (χ0v) is 9.70. The van der Waals surface area contributed by atoms with Gasteiger partial charge in [-0.25, -0.2) is 0 Å². The van der Waals surface area contributed by atoms with Crippen LogP contribution in [0.5, 0.6) is 0 Å². The van der Waals surface area contributed by atoms with Crippen molar-refractivity contribution in [3.63, 3.8) is 0 Å². The normalized spacial score (nSPS) is 12.6. The van der Waals surface area contributed by atoms with Crippen LogP contribution in [0.2, 0.25) is 0 Å². The quantitative estimate of drug-likeness (QED) is 0.757. The molecule has 1 rings (SSSR count). The second-order valence-corrected chi connectivity index (χ2v) is 3.57. The van der Waals surface area contributed by atoms with Crippen molar-refractivity contribution in [1.29, 1.82) is 0 Å². The maximum atomic E-state index is 5.85. The molecule has 0 aromatic heterocycles. The Balaban J connectivity index is 3.07. The third-order valence-electron chi connectivity index (χ3n) is 2.39. The van der Waals surface area contributed by atoms with Gasteiger partial charge in [0.25, 0.3) is 0 Å². The van der Waals surface area contributed by atoms with E-state index in [1.165, 1.54) is 0 Å². The fraction of sp³-hybridized carbons (Fsp3) is 0.154. The van der Waals surface area contributed by atoms with E-state index in [4.69, 9.17) is 11.5 Å². The summed E-state index contributed by atoms with van der Waals surface area (Å²) in [4.78, 5) is 3.89. The number of hydrogen-bond donors (Lipinski definition) is 2. The first-order valence-corrected chi connectivity index (χ1v) is 5.00. The molecule has 4 N–H and O–H groups in total. The molecule has 0 aliphatic heterocycles. The molecule has 0 aliphatic carbocycles. The maximum Gasteiger partial charge on any atom is 0.0531 e. The molecule has 0 spiro atoms. The highest BCUT2D eigenvalue weighted by Gasteiger charge is 2.00. The summed E-state index contributed by atoms with van der Waals surface area (Å²) in [6, 6.07) is 7.80. The molecule has 0 radical (unpaired) electrons. The van der Waals surface area contributed by atoms with Gasteiger partial charge in [0.15, 0.2) is 0 Å². The van der Waals surface area contributed by atoms with Gasteiger partial charge >= 0.3 is 0 Å². The summed E-state index contributed by atoms with van der Waals surface area (Å²) in [5.74, 6) is 0. The average molecular weight is 215 g/mol. The van der Waals surface area contributed by atoms with Gasteiger partial charge in [0, 0.05) is 19.0 Å². The van der Waals surface area contributed by atoms with E-state index in [-0.39, 0.29) is 0 Å². The lowest BCUT2D eigenvalue weighted by molar-refractivity contribution is 1.39. The van der Waals surface area contributed by atoms with Gasteiger partial charge in [-0.2, -0.15) is 0 Å². The summed E-state index contributed by atoms with van der Waals surface area (Å²) in [5.41, 5.74) is 15.7. The molecule has 0 fully saturated rings. The van der Waals surface area contributed by atoms with Crippen molar-refractivity contribution in [1.82, 2.24) is 0 Å². The van der Waals surface area contributed by atoms with Gasteiger partial charge < -0.3 is 11.5 Å². The molecule has 1 aromatic carbocycles. The minimum absolute atomic E-state index is 0.566. The van der Waals surface area contributed by atoms with Crippen LogP contribution in [-0.4, -0.2) is 13.3 Å². The van der Waals surface area contributed by atoms with E-state index in [0.717, 1.165) is 16.7 Å². The lowest BCUT2D eigenvalue weighted by atomic mass is 10.0. The fourth-order valence-electron chi connectivity index (χ4n) is 1.34. The summed E-state index contributed by atoms with van der Waals surface area (Å²) in [6.45, 7) is 5.65. The third-order valence-corrected chi connectivity index (χ3v) is 2.39. The van der Waals surface area contributed by atoms with Crippen LogP contribution in [0.3, 0.4) is 0 Å². The second kappa shape index (κ2) is 5.16. The highest BCUT2D eigenvalue weighted by molar-refractivity contribution is 5.89. The Labute approximate surface area is 96.2 Å². The number of hydrogen-bond acceptors (Lipinski definition) is 3. The number of allylic oxidation sites excluding steroid dienone is 2. The molecule has 0 heterocycles. The van der Waals surface area contributed by atoms with Crippen LogP contribution in [0.15, 0.2) is 41.5 Å². The van der Waals surface area contributed by atoms with Crippen LogP contribution in [0.4, 0.5) is 0 Å². The van der Waals surface area contributed by atoms with Gasteiger partial charge in [0.1, 0.15) is 0 Å². The Morgan fingerprint density at radius 1 is 1.19 bits per heavy atom. The molecule has 1 aromatic rings. The van der Waals surface area contributed by atoms with Crippen LogP contribution in [0.1, 0.15) is 18.1 Å². The van der Waals surface area contributed by atoms with Crippen molar-refractivity contribution in [3.8, 4) is 0 Å². The molecule has 0 unspecified atom stereocenters. The van der Waals surface area contributed by atoms with E-state index < -0.39 is 0 Å². The largest absolute Gasteiger partial charge is 0.399 e. The first kappa shape index (κ1) is 12.0. The highest BCUT2D eigenvalue weighted by Crippen LogP contribution is 2.17. The van der Waals surface area contributed by atoms with Crippen molar-refractivity contribution < 1.29 is 0 Å². The summed E-state index contributed by atoms with van der Waals surface area (Å²) < 4.78 is 0. The Bertz CT molecular complexity index is 439. The molecular weight excluding hydrogens is 198 g/mol. The summed E-state index contributed by atoms with van der Waals surface area (Å²) in [7, 11) is 1.70. The molecule has 0 saturated heterocycles. The molecule has 0 aliphatic rings. The SMILES string of the molecule is C=C(N)c1ccc(/C(C)=C(\N)C=NC)cc1. The van der Waals surface area contributed by atoms with Gasteiger partial charge in [-0.15, -0.1) is 0 Å². The van der Waals surface area contributed by atoms with E-state index in [0.29, 0.717) is 11.4 Å². The number of nitrogens with zero attached hydrogens (tertiary/aromatic N) is 1. The summed E-state index contributed by atoms with van der Waals surface area (Å²) in [5, 5.41) is 0.